The maximum Gasteiger partial charge on any atom is 0.0815 e. The fourth-order valence-corrected chi connectivity index (χ4v) is 1.38. The molecule has 0 saturated carbocycles. The molecule has 1 atom stereocenters. The molecule has 1 unspecified atom stereocenters. The SMILES string of the molecule is CC1=NN(C)CC1(C)Br. The summed E-state index contributed by atoms with van der Waals surface area (Å²) in [7, 11) is 1.98. The topological polar surface area (TPSA) is 15.6 Å². The van der Waals surface area contributed by atoms with Gasteiger partial charge in [0.15, 0.2) is 0 Å². The van der Waals surface area contributed by atoms with E-state index in [4.69, 9.17) is 0 Å². The van der Waals surface area contributed by atoms with Crippen LogP contribution in [0, 0.1) is 0 Å². The molecule has 9 heavy (non-hydrogen) atoms. The number of hydrogen-bond acceptors (Lipinski definition) is 2. The summed E-state index contributed by atoms with van der Waals surface area (Å²) in [5.74, 6) is 0. The van der Waals surface area contributed by atoms with Gasteiger partial charge in [-0.2, -0.15) is 5.10 Å². The van der Waals surface area contributed by atoms with Crippen molar-refractivity contribution in [3.63, 3.8) is 0 Å². The van der Waals surface area contributed by atoms with Gasteiger partial charge in [-0.05, 0) is 13.8 Å². The fourth-order valence-electron chi connectivity index (χ4n) is 0.940. The summed E-state index contributed by atoms with van der Waals surface area (Å²) < 4.78 is 0.113. The summed E-state index contributed by atoms with van der Waals surface area (Å²) in [5, 5.41) is 6.19. The Kier molecular flexibility index (Phi) is 1.55. The van der Waals surface area contributed by atoms with Crippen molar-refractivity contribution in [3.8, 4) is 0 Å². The molecular weight excluding hydrogens is 180 g/mol. The highest BCUT2D eigenvalue weighted by atomic mass is 79.9. The van der Waals surface area contributed by atoms with Crippen LogP contribution in [0.15, 0.2) is 5.10 Å². The minimum Gasteiger partial charge on any atom is -0.298 e. The van der Waals surface area contributed by atoms with Crippen molar-refractivity contribution in [2.45, 2.75) is 18.2 Å². The second kappa shape index (κ2) is 1.97. The summed E-state index contributed by atoms with van der Waals surface area (Å²) >= 11 is 3.58. The summed E-state index contributed by atoms with van der Waals surface area (Å²) in [5.41, 5.74) is 1.16. The van der Waals surface area contributed by atoms with Crippen LogP contribution in [0.4, 0.5) is 0 Å². The standard InChI is InChI=1S/C6H11BrN2/c1-5-6(2,7)4-9(3)8-5/h4H2,1-3H3. The third-order valence-electron chi connectivity index (χ3n) is 1.60. The normalized spacial score (nSPS) is 35.1. The molecule has 0 fully saturated rings. The molecule has 0 saturated heterocycles. The highest BCUT2D eigenvalue weighted by Gasteiger charge is 2.30. The van der Waals surface area contributed by atoms with Gasteiger partial charge in [0, 0.05) is 7.05 Å². The molecule has 1 heterocycles. The fraction of sp³-hybridized carbons (Fsp3) is 0.833. The van der Waals surface area contributed by atoms with Crippen LogP contribution in [0.25, 0.3) is 0 Å². The Balaban J connectivity index is 2.76. The van der Waals surface area contributed by atoms with E-state index in [0.29, 0.717) is 0 Å². The number of hydrazone groups is 1. The number of halogens is 1. The quantitative estimate of drug-likeness (QED) is 0.529. The van der Waals surface area contributed by atoms with E-state index in [0.717, 1.165) is 12.3 Å². The second-order valence-electron chi connectivity index (χ2n) is 2.70. The lowest BCUT2D eigenvalue weighted by Gasteiger charge is -2.14. The van der Waals surface area contributed by atoms with Gasteiger partial charge in [0.2, 0.25) is 0 Å². The monoisotopic (exact) mass is 190 g/mol. The lowest BCUT2D eigenvalue weighted by atomic mass is 10.1. The molecule has 1 aliphatic heterocycles. The maximum absolute atomic E-state index is 4.24. The van der Waals surface area contributed by atoms with E-state index in [1.54, 1.807) is 0 Å². The van der Waals surface area contributed by atoms with E-state index in [1.165, 1.54) is 0 Å². The minimum absolute atomic E-state index is 0.113. The largest absolute Gasteiger partial charge is 0.298 e. The molecule has 0 aliphatic carbocycles. The maximum atomic E-state index is 4.24. The molecule has 0 N–H and O–H groups in total. The van der Waals surface area contributed by atoms with E-state index < -0.39 is 0 Å². The first-order valence-electron chi connectivity index (χ1n) is 2.98. The summed E-state index contributed by atoms with van der Waals surface area (Å²) in [6, 6.07) is 0. The molecule has 1 aliphatic rings. The number of nitrogens with zero attached hydrogens (tertiary/aromatic N) is 2. The van der Waals surface area contributed by atoms with Gasteiger partial charge in [0.1, 0.15) is 0 Å². The lowest BCUT2D eigenvalue weighted by molar-refractivity contribution is 0.378. The zero-order valence-corrected chi connectivity index (χ0v) is 7.57. The molecule has 0 bridgehead atoms. The molecule has 1 rings (SSSR count). The average molecular weight is 191 g/mol. The molecule has 0 spiro atoms. The van der Waals surface area contributed by atoms with Crippen LogP contribution < -0.4 is 0 Å². The highest BCUT2D eigenvalue weighted by molar-refractivity contribution is 9.10. The van der Waals surface area contributed by atoms with E-state index in [9.17, 15) is 0 Å². The number of hydrogen-bond donors (Lipinski definition) is 0. The Morgan fingerprint density at radius 1 is 1.78 bits per heavy atom. The van der Waals surface area contributed by atoms with Crippen LogP contribution in [0.5, 0.6) is 0 Å². The van der Waals surface area contributed by atoms with Gasteiger partial charge in [0.25, 0.3) is 0 Å². The molecule has 0 aromatic heterocycles. The molecule has 2 nitrogen and oxygen atoms in total. The highest BCUT2D eigenvalue weighted by Crippen LogP contribution is 2.25. The van der Waals surface area contributed by atoms with Crippen LogP contribution in [0.2, 0.25) is 0 Å². The lowest BCUT2D eigenvalue weighted by Crippen LogP contribution is -2.28. The van der Waals surface area contributed by atoms with Gasteiger partial charge >= 0.3 is 0 Å². The summed E-state index contributed by atoms with van der Waals surface area (Å²) in [6.45, 7) is 5.15. The number of alkyl halides is 1. The Morgan fingerprint density at radius 3 is 2.44 bits per heavy atom. The predicted octanol–water partition coefficient (Wildman–Crippen LogP) is 1.46. The Bertz CT molecular complexity index is 151. The van der Waals surface area contributed by atoms with Crippen molar-refractivity contribution in [2.75, 3.05) is 13.6 Å². The molecule has 0 amide bonds. The van der Waals surface area contributed by atoms with Gasteiger partial charge in [-0.1, -0.05) is 15.9 Å². The Hall–Kier alpha value is -0.0500. The van der Waals surface area contributed by atoms with Gasteiger partial charge in [-0.3, -0.25) is 5.01 Å². The molecule has 3 heteroatoms. The molecule has 0 radical (unpaired) electrons. The van der Waals surface area contributed by atoms with Crippen molar-refractivity contribution >= 4 is 21.6 Å². The van der Waals surface area contributed by atoms with Crippen LogP contribution in [-0.4, -0.2) is 28.6 Å². The smallest absolute Gasteiger partial charge is 0.0815 e. The van der Waals surface area contributed by atoms with E-state index in [1.807, 2.05) is 19.0 Å². The third kappa shape index (κ3) is 1.26. The first-order valence-corrected chi connectivity index (χ1v) is 3.77. The molecule has 0 aromatic carbocycles. The van der Waals surface area contributed by atoms with Gasteiger partial charge in [-0.25, -0.2) is 0 Å². The van der Waals surface area contributed by atoms with Crippen molar-refractivity contribution in [1.82, 2.24) is 5.01 Å². The van der Waals surface area contributed by atoms with E-state index in [-0.39, 0.29) is 4.32 Å². The van der Waals surface area contributed by atoms with Gasteiger partial charge in [0.05, 0.1) is 16.6 Å². The second-order valence-corrected chi connectivity index (χ2v) is 4.45. The van der Waals surface area contributed by atoms with Gasteiger partial charge in [-0.15, -0.1) is 0 Å². The summed E-state index contributed by atoms with van der Waals surface area (Å²) in [4.78, 5) is 0. The van der Waals surface area contributed by atoms with Crippen LogP contribution >= 0.6 is 15.9 Å². The van der Waals surface area contributed by atoms with Crippen molar-refractivity contribution in [2.24, 2.45) is 5.10 Å². The van der Waals surface area contributed by atoms with Gasteiger partial charge < -0.3 is 0 Å². The first kappa shape index (κ1) is 7.06. The number of rotatable bonds is 0. The zero-order valence-electron chi connectivity index (χ0n) is 5.98. The summed E-state index contributed by atoms with van der Waals surface area (Å²) in [6.07, 6.45) is 0. The minimum atomic E-state index is 0.113. The van der Waals surface area contributed by atoms with Crippen molar-refractivity contribution in [3.05, 3.63) is 0 Å². The van der Waals surface area contributed by atoms with E-state index in [2.05, 4.69) is 28.0 Å². The average Bonchev–Trinajstić information content (AvgIpc) is 1.79. The Morgan fingerprint density at radius 2 is 2.33 bits per heavy atom. The van der Waals surface area contributed by atoms with E-state index >= 15 is 0 Å². The Labute approximate surface area is 64.1 Å². The predicted molar refractivity (Wildman–Crippen MR) is 43.1 cm³/mol. The molecule has 52 valence electrons. The molecular formula is C6H11BrN2. The van der Waals surface area contributed by atoms with Crippen LogP contribution in [-0.2, 0) is 0 Å². The zero-order chi connectivity index (χ0) is 7.07. The molecule has 0 aromatic rings. The first-order chi connectivity index (χ1) is 4.02. The third-order valence-corrected chi connectivity index (χ3v) is 2.43. The van der Waals surface area contributed by atoms with Crippen LogP contribution in [0.1, 0.15) is 13.8 Å². The van der Waals surface area contributed by atoms with Crippen molar-refractivity contribution < 1.29 is 0 Å². The van der Waals surface area contributed by atoms with Crippen LogP contribution in [0.3, 0.4) is 0 Å². The van der Waals surface area contributed by atoms with Crippen molar-refractivity contribution in [1.29, 1.82) is 0 Å².